The number of hydrogen-bond donors (Lipinski definition) is 2. The number of aromatic amines is 1. The minimum absolute atomic E-state index is 0.137. The lowest BCUT2D eigenvalue weighted by Crippen LogP contribution is -2.12. The van der Waals surface area contributed by atoms with Crippen LogP contribution < -0.4 is 10.1 Å². The maximum absolute atomic E-state index is 12.1. The molecule has 1 amide bonds. The first-order valence-corrected chi connectivity index (χ1v) is 8.03. The Labute approximate surface area is 137 Å². The van der Waals surface area contributed by atoms with E-state index in [1.807, 2.05) is 38.1 Å². The van der Waals surface area contributed by atoms with Crippen LogP contribution in [-0.4, -0.2) is 27.2 Å². The van der Waals surface area contributed by atoms with Gasteiger partial charge in [-0.3, -0.25) is 9.89 Å². The van der Waals surface area contributed by atoms with Gasteiger partial charge in [-0.15, -0.1) is 11.3 Å². The summed E-state index contributed by atoms with van der Waals surface area (Å²) < 4.78 is 5.62. The highest BCUT2D eigenvalue weighted by molar-refractivity contribution is 7.13. The Morgan fingerprint density at radius 2 is 2.04 bits per heavy atom. The van der Waals surface area contributed by atoms with E-state index in [0.29, 0.717) is 11.5 Å². The number of ether oxygens (including phenoxy) is 1. The number of hydrogen-bond acceptors (Lipinski definition) is 5. The summed E-state index contributed by atoms with van der Waals surface area (Å²) in [7, 11) is 0. The molecule has 0 fully saturated rings. The zero-order chi connectivity index (χ0) is 16.2. The zero-order valence-electron chi connectivity index (χ0n) is 12.7. The quantitative estimate of drug-likeness (QED) is 0.750. The number of benzene rings is 1. The van der Waals surface area contributed by atoms with Gasteiger partial charge in [0.25, 0.3) is 5.91 Å². The molecular weight excluding hydrogens is 312 g/mol. The summed E-state index contributed by atoms with van der Waals surface area (Å²) in [5.41, 5.74) is 1.33. The Morgan fingerprint density at radius 1 is 1.26 bits per heavy atom. The number of amides is 1. The van der Waals surface area contributed by atoms with Crippen molar-refractivity contribution in [2.45, 2.75) is 20.0 Å². The fourth-order valence-electron chi connectivity index (χ4n) is 1.97. The third-order valence-electron chi connectivity index (χ3n) is 2.96. The van der Waals surface area contributed by atoms with Gasteiger partial charge in [0.1, 0.15) is 22.3 Å². The van der Waals surface area contributed by atoms with Crippen molar-refractivity contribution in [1.29, 1.82) is 0 Å². The second-order valence-corrected chi connectivity index (χ2v) is 6.01. The highest BCUT2D eigenvalue weighted by Crippen LogP contribution is 2.26. The van der Waals surface area contributed by atoms with Crippen molar-refractivity contribution >= 4 is 23.1 Å². The molecule has 118 valence electrons. The first-order valence-electron chi connectivity index (χ1n) is 7.15. The Morgan fingerprint density at radius 3 is 2.70 bits per heavy atom. The molecule has 1 aromatic carbocycles. The molecule has 2 N–H and O–H groups in total. The van der Waals surface area contributed by atoms with Gasteiger partial charge in [-0.2, -0.15) is 5.10 Å². The second kappa shape index (κ2) is 6.62. The van der Waals surface area contributed by atoms with E-state index in [1.165, 1.54) is 11.3 Å². The molecule has 2 heterocycles. The molecular formula is C16H16N4O2S. The summed E-state index contributed by atoms with van der Waals surface area (Å²) in [6, 6.07) is 9.36. The molecule has 2 aromatic heterocycles. The number of carbonyl (C=O) groups excluding carboxylic acids is 1. The minimum Gasteiger partial charge on any atom is -0.491 e. The molecule has 0 bridgehead atoms. The molecule has 0 saturated heterocycles. The molecule has 0 unspecified atom stereocenters. The van der Waals surface area contributed by atoms with E-state index < -0.39 is 0 Å². The Hall–Kier alpha value is -2.67. The fourth-order valence-corrected chi connectivity index (χ4v) is 2.78. The summed E-state index contributed by atoms with van der Waals surface area (Å²) in [5.74, 6) is 1.09. The van der Waals surface area contributed by atoms with E-state index in [-0.39, 0.29) is 12.0 Å². The number of H-pyrrole nitrogens is 1. The molecule has 3 rings (SSSR count). The highest BCUT2D eigenvalue weighted by Gasteiger charge is 2.12. The Balaban J connectivity index is 1.72. The zero-order valence-corrected chi connectivity index (χ0v) is 13.6. The van der Waals surface area contributed by atoms with Crippen LogP contribution in [0.4, 0.5) is 5.82 Å². The first kappa shape index (κ1) is 15.2. The van der Waals surface area contributed by atoms with E-state index >= 15 is 0 Å². The van der Waals surface area contributed by atoms with Crippen LogP contribution in [0, 0.1) is 0 Å². The number of nitrogens with one attached hydrogen (secondary N) is 2. The Kier molecular flexibility index (Phi) is 4.38. The van der Waals surface area contributed by atoms with Crippen LogP contribution in [0.2, 0.25) is 0 Å². The van der Waals surface area contributed by atoms with Crippen molar-refractivity contribution in [3.8, 4) is 16.3 Å². The van der Waals surface area contributed by atoms with Crippen LogP contribution in [0.25, 0.3) is 10.6 Å². The lowest BCUT2D eigenvalue weighted by Gasteiger charge is -2.09. The van der Waals surface area contributed by atoms with Crippen LogP contribution in [0.15, 0.2) is 41.9 Å². The largest absolute Gasteiger partial charge is 0.491 e. The standard InChI is InChI=1S/C16H16N4O2S/c1-10(2)22-12-5-3-11(4-6-12)16-18-13(9-23-16)15(21)19-14-7-8-17-20-14/h3-10H,1-2H3,(H2,17,19,20,21). The lowest BCUT2D eigenvalue weighted by molar-refractivity contribution is 0.102. The molecule has 0 aliphatic rings. The third kappa shape index (κ3) is 3.75. The average Bonchev–Trinajstić information content (AvgIpc) is 3.18. The van der Waals surface area contributed by atoms with Crippen LogP contribution in [0.5, 0.6) is 5.75 Å². The number of aromatic nitrogens is 3. The van der Waals surface area contributed by atoms with Gasteiger partial charge in [-0.05, 0) is 38.1 Å². The van der Waals surface area contributed by atoms with Crippen molar-refractivity contribution in [2.24, 2.45) is 0 Å². The van der Waals surface area contributed by atoms with Crippen LogP contribution in [0.1, 0.15) is 24.3 Å². The molecule has 6 nitrogen and oxygen atoms in total. The summed E-state index contributed by atoms with van der Waals surface area (Å²) >= 11 is 1.42. The van der Waals surface area contributed by atoms with Crippen molar-refractivity contribution in [3.05, 3.63) is 47.6 Å². The summed E-state index contributed by atoms with van der Waals surface area (Å²) in [4.78, 5) is 16.5. The molecule has 23 heavy (non-hydrogen) atoms. The van der Waals surface area contributed by atoms with Gasteiger partial charge in [-0.25, -0.2) is 4.98 Å². The third-order valence-corrected chi connectivity index (χ3v) is 3.85. The maximum atomic E-state index is 12.1. The van der Waals surface area contributed by atoms with Gasteiger partial charge in [0.15, 0.2) is 0 Å². The van der Waals surface area contributed by atoms with Crippen molar-refractivity contribution in [3.63, 3.8) is 0 Å². The first-order chi connectivity index (χ1) is 11.1. The molecule has 0 atom stereocenters. The molecule has 0 spiro atoms. The normalized spacial score (nSPS) is 10.7. The van der Waals surface area contributed by atoms with Crippen molar-refractivity contribution in [1.82, 2.24) is 15.2 Å². The fraction of sp³-hybridized carbons (Fsp3) is 0.188. The maximum Gasteiger partial charge on any atom is 0.276 e. The number of rotatable bonds is 5. The van der Waals surface area contributed by atoms with Gasteiger partial charge in [0.05, 0.1) is 12.3 Å². The van der Waals surface area contributed by atoms with E-state index in [0.717, 1.165) is 16.3 Å². The van der Waals surface area contributed by atoms with Gasteiger partial charge in [0, 0.05) is 17.0 Å². The summed E-state index contributed by atoms with van der Waals surface area (Å²) in [6.07, 6.45) is 1.71. The van der Waals surface area contributed by atoms with Crippen LogP contribution in [-0.2, 0) is 0 Å². The van der Waals surface area contributed by atoms with Gasteiger partial charge >= 0.3 is 0 Å². The average molecular weight is 328 g/mol. The molecule has 0 aliphatic carbocycles. The molecule has 0 aliphatic heterocycles. The number of thiazole rings is 1. The monoisotopic (exact) mass is 328 g/mol. The van der Waals surface area contributed by atoms with Crippen molar-refractivity contribution < 1.29 is 9.53 Å². The van der Waals surface area contributed by atoms with Crippen LogP contribution >= 0.6 is 11.3 Å². The van der Waals surface area contributed by atoms with Gasteiger partial charge in [-0.1, -0.05) is 0 Å². The summed E-state index contributed by atoms with van der Waals surface area (Å²) in [5, 5.41) is 11.7. The minimum atomic E-state index is -0.267. The number of nitrogens with zero attached hydrogens (tertiary/aromatic N) is 2. The molecule has 0 radical (unpaired) electrons. The molecule has 3 aromatic rings. The van der Waals surface area contributed by atoms with Crippen LogP contribution in [0.3, 0.4) is 0 Å². The smallest absolute Gasteiger partial charge is 0.276 e. The van der Waals surface area contributed by atoms with E-state index in [9.17, 15) is 4.79 Å². The van der Waals surface area contributed by atoms with E-state index in [1.54, 1.807) is 17.6 Å². The van der Waals surface area contributed by atoms with E-state index in [4.69, 9.17) is 4.74 Å². The Bertz CT molecular complexity index is 779. The highest BCUT2D eigenvalue weighted by atomic mass is 32.1. The predicted molar refractivity (Wildman–Crippen MR) is 89.9 cm³/mol. The SMILES string of the molecule is CC(C)Oc1ccc(-c2nc(C(=O)Nc3ccn[nH]3)cs2)cc1. The van der Waals surface area contributed by atoms with Crippen molar-refractivity contribution in [2.75, 3.05) is 5.32 Å². The van der Waals surface area contributed by atoms with Gasteiger partial charge < -0.3 is 10.1 Å². The van der Waals surface area contributed by atoms with E-state index in [2.05, 4.69) is 20.5 Å². The molecule has 0 saturated carbocycles. The molecule has 7 heteroatoms. The lowest BCUT2D eigenvalue weighted by atomic mass is 10.2. The second-order valence-electron chi connectivity index (χ2n) is 5.15. The summed E-state index contributed by atoms with van der Waals surface area (Å²) in [6.45, 7) is 3.97. The number of carbonyl (C=O) groups is 1. The topological polar surface area (TPSA) is 79.9 Å². The number of anilines is 1. The van der Waals surface area contributed by atoms with Gasteiger partial charge in [0.2, 0.25) is 0 Å². The predicted octanol–water partition coefficient (Wildman–Crippen LogP) is 3.57.